The Bertz CT molecular complexity index is 847. The van der Waals surface area contributed by atoms with Gasteiger partial charge >= 0.3 is 0 Å². The summed E-state index contributed by atoms with van der Waals surface area (Å²) in [5.41, 5.74) is 2.04. The van der Waals surface area contributed by atoms with Crippen LogP contribution >= 0.6 is 0 Å². The molecule has 0 aliphatic heterocycles. The lowest BCUT2D eigenvalue weighted by Crippen LogP contribution is -2.06. The van der Waals surface area contributed by atoms with Crippen LogP contribution in [0.3, 0.4) is 0 Å². The van der Waals surface area contributed by atoms with Crippen molar-refractivity contribution >= 4 is 22.7 Å². The van der Waals surface area contributed by atoms with Gasteiger partial charge in [0.1, 0.15) is 18.7 Å². The maximum absolute atomic E-state index is 12.1. The number of hydrogen-bond acceptors (Lipinski definition) is 6. The van der Waals surface area contributed by atoms with E-state index in [-0.39, 0.29) is 0 Å². The standard InChI is InChI=1S/C15H14F2N6O/c16-12(17)7-24-11-5-1-9(2-6-11)20-14-13-15(19-8-18-14)23(22-21-13)10-3-4-10/h1-2,5-6,8,10,12H,3-4,7H2,(H,18,19,20). The number of benzene rings is 1. The first-order chi connectivity index (χ1) is 11.7. The van der Waals surface area contributed by atoms with Crippen LogP contribution in [-0.2, 0) is 0 Å². The molecule has 24 heavy (non-hydrogen) atoms. The minimum atomic E-state index is -2.49. The lowest BCUT2D eigenvalue weighted by Gasteiger charge is -2.08. The Labute approximate surface area is 135 Å². The van der Waals surface area contributed by atoms with Crippen molar-refractivity contribution in [1.82, 2.24) is 25.0 Å². The molecule has 1 aromatic carbocycles. The van der Waals surface area contributed by atoms with Gasteiger partial charge in [-0.05, 0) is 37.1 Å². The molecule has 124 valence electrons. The Morgan fingerprint density at radius 3 is 2.71 bits per heavy atom. The predicted octanol–water partition coefficient (Wildman–Crippen LogP) is 2.94. The van der Waals surface area contributed by atoms with Crippen LogP contribution in [0.15, 0.2) is 30.6 Å². The fourth-order valence-electron chi connectivity index (χ4n) is 2.35. The van der Waals surface area contributed by atoms with Gasteiger partial charge in [0.05, 0.1) is 6.04 Å². The van der Waals surface area contributed by atoms with Gasteiger partial charge in [0, 0.05) is 5.69 Å². The van der Waals surface area contributed by atoms with Gasteiger partial charge in [-0.1, -0.05) is 5.21 Å². The molecule has 0 amide bonds. The normalized spacial score (nSPS) is 14.3. The topological polar surface area (TPSA) is 77.8 Å². The zero-order valence-electron chi connectivity index (χ0n) is 12.6. The van der Waals surface area contributed by atoms with Crippen molar-refractivity contribution in [3.63, 3.8) is 0 Å². The Hall–Kier alpha value is -2.84. The number of fused-ring (bicyclic) bond motifs is 1. The molecule has 7 nitrogen and oxygen atoms in total. The van der Waals surface area contributed by atoms with Crippen molar-refractivity contribution < 1.29 is 13.5 Å². The van der Waals surface area contributed by atoms with E-state index in [1.165, 1.54) is 6.33 Å². The fraction of sp³-hybridized carbons (Fsp3) is 0.333. The summed E-state index contributed by atoms with van der Waals surface area (Å²) in [4.78, 5) is 8.46. The third kappa shape index (κ3) is 2.97. The van der Waals surface area contributed by atoms with Crippen LogP contribution in [0.25, 0.3) is 11.2 Å². The van der Waals surface area contributed by atoms with Gasteiger partial charge < -0.3 is 10.1 Å². The van der Waals surface area contributed by atoms with Crippen LogP contribution in [0.2, 0.25) is 0 Å². The van der Waals surface area contributed by atoms with Crippen molar-refractivity contribution in [2.45, 2.75) is 25.3 Å². The molecule has 0 bridgehead atoms. The Morgan fingerprint density at radius 2 is 2.00 bits per heavy atom. The van der Waals surface area contributed by atoms with E-state index in [0.717, 1.165) is 18.5 Å². The molecule has 0 saturated heterocycles. The molecule has 1 aliphatic carbocycles. The number of rotatable bonds is 6. The zero-order valence-corrected chi connectivity index (χ0v) is 12.6. The summed E-state index contributed by atoms with van der Waals surface area (Å²) in [5, 5.41) is 11.4. The van der Waals surface area contributed by atoms with Crippen LogP contribution in [0.1, 0.15) is 18.9 Å². The summed E-state index contributed by atoms with van der Waals surface area (Å²) < 4.78 is 31.0. The van der Waals surface area contributed by atoms with Crippen LogP contribution in [0, 0.1) is 0 Å². The second kappa shape index (κ2) is 5.99. The number of nitrogens with one attached hydrogen (secondary N) is 1. The monoisotopic (exact) mass is 332 g/mol. The first-order valence-electron chi connectivity index (χ1n) is 7.54. The maximum atomic E-state index is 12.1. The SMILES string of the molecule is FC(F)COc1ccc(Nc2ncnc3c2nnn3C2CC2)cc1. The van der Waals surface area contributed by atoms with Gasteiger partial charge in [-0.2, -0.15) is 0 Å². The molecule has 1 N–H and O–H groups in total. The molecule has 1 fully saturated rings. The van der Waals surface area contributed by atoms with E-state index in [1.807, 2.05) is 4.68 Å². The van der Waals surface area contributed by atoms with Gasteiger partial charge in [0.15, 0.2) is 17.0 Å². The molecule has 3 aromatic rings. The Morgan fingerprint density at radius 1 is 1.21 bits per heavy atom. The molecule has 2 aromatic heterocycles. The van der Waals surface area contributed by atoms with Crippen LogP contribution < -0.4 is 10.1 Å². The smallest absolute Gasteiger partial charge is 0.272 e. The number of ether oxygens (including phenoxy) is 1. The summed E-state index contributed by atoms with van der Waals surface area (Å²) >= 11 is 0. The van der Waals surface area contributed by atoms with E-state index in [9.17, 15) is 8.78 Å². The van der Waals surface area contributed by atoms with Gasteiger partial charge in [-0.25, -0.2) is 23.4 Å². The summed E-state index contributed by atoms with van der Waals surface area (Å²) in [5.74, 6) is 0.932. The summed E-state index contributed by atoms with van der Waals surface area (Å²) in [6.45, 7) is -0.621. The highest BCUT2D eigenvalue weighted by Gasteiger charge is 2.27. The van der Waals surface area contributed by atoms with E-state index in [4.69, 9.17) is 4.74 Å². The van der Waals surface area contributed by atoms with Crippen LogP contribution in [0.4, 0.5) is 20.3 Å². The van der Waals surface area contributed by atoms with Gasteiger partial charge in [0.25, 0.3) is 6.43 Å². The molecule has 2 heterocycles. The number of halogens is 2. The number of hydrogen-bond donors (Lipinski definition) is 1. The van der Waals surface area contributed by atoms with Crippen LogP contribution in [0.5, 0.6) is 5.75 Å². The van der Waals surface area contributed by atoms with Crippen molar-refractivity contribution in [2.24, 2.45) is 0 Å². The van der Waals surface area contributed by atoms with E-state index in [1.54, 1.807) is 24.3 Å². The van der Waals surface area contributed by atoms with E-state index < -0.39 is 13.0 Å². The van der Waals surface area contributed by atoms with Crippen molar-refractivity contribution in [3.05, 3.63) is 30.6 Å². The quantitative estimate of drug-likeness (QED) is 0.748. The lowest BCUT2D eigenvalue weighted by molar-refractivity contribution is 0.0819. The number of alkyl halides is 2. The third-order valence-corrected chi connectivity index (χ3v) is 3.65. The molecule has 4 rings (SSSR count). The van der Waals surface area contributed by atoms with E-state index in [0.29, 0.717) is 28.8 Å². The van der Waals surface area contributed by atoms with Gasteiger partial charge in [0.2, 0.25) is 0 Å². The van der Waals surface area contributed by atoms with E-state index in [2.05, 4.69) is 25.6 Å². The molecule has 9 heteroatoms. The molecule has 0 radical (unpaired) electrons. The second-order valence-electron chi connectivity index (χ2n) is 5.51. The first kappa shape index (κ1) is 14.7. The van der Waals surface area contributed by atoms with Gasteiger partial charge in [-0.3, -0.25) is 0 Å². The Kier molecular flexibility index (Phi) is 3.68. The molecule has 1 aliphatic rings. The maximum Gasteiger partial charge on any atom is 0.272 e. The van der Waals surface area contributed by atoms with Crippen molar-refractivity contribution in [1.29, 1.82) is 0 Å². The highest BCUT2D eigenvalue weighted by Crippen LogP contribution is 2.36. The number of anilines is 2. The summed E-state index contributed by atoms with van der Waals surface area (Å²) in [6, 6.07) is 7.05. The van der Waals surface area contributed by atoms with Crippen molar-refractivity contribution in [3.8, 4) is 5.75 Å². The fourth-order valence-corrected chi connectivity index (χ4v) is 2.35. The highest BCUT2D eigenvalue weighted by atomic mass is 19.3. The summed E-state index contributed by atoms with van der Waals surface area (Å²) in [7, 11) is 0. The highest BCUT2D eigenvalue weighted by molar-refractivity contribution is 5.84. The van der Waals surface area contributed by atoms with E-state index >= 15 is 0 Å². The number of nitrogens with zero attached hydrogens (tertiary/aromatic N) is 5. The minimum absolute atomic E-state index is 0.379. The zero-order chi connectivity index (χ0) is 16.5. The van der Waals surface area contributed by atoms with Crippen molar-refractivity contribution in [2.75, 3.05) is 11.9 Å². The average molecular weight is 332 g/mol. The summed E-state index contributed by atoms with van der Waals surface area (Å²) in [6.07, 6.45) is 1.15. The molecular weight excluding hydrogens is 318 g/mol. The minimum Gasteiger partial charge on any atom is -0.488 e. The Balaban J connectivity index is 1.53. The largest absolute Gasteiger partial charge is 0.488 e. The molecule has 0 atom stereocenters. The average Bonchev–Trinajstić information content (AvgIpc) is 3.33. The van der Waals surface area contributed by atoms with Crippen LogP contribution in [-0.4, -0.2) is 38.0 Å². The van der Waals surface area contributed by atoms with Gasteiger partial charge in [-0.15, -0.1) is 5.10 Å². The predicted molar refractivity (Wildman–Crippen MR) is 82.6 cm³/mol. The number of aromatic nitrogens is 5. The molecular formula is C15H14F2N6O. The first-order valence-corrected chi connectivity index (χ1v) is 7.54. The lowest BCUT2D eigenvalue weighted by atomic mass is 10.3. The second-order valence-corrected chi connectivity index (χ2v) is 5.51. The molecule has 0 unspecified atom stereocenters. The third-order valence-electron chi connectivity index (χ3n) is 3.65. The molecule has 1 saturated carbocycles. The molecule has 0 spiro atoms.